The molecule has 15 heavy (non-hydrogen) atoms. The Kier molecular flexibility index (Phi) is 4.00. The topological polar surface area (TPSA) is 38.5 Å². The lowest BCUT2D eigenvalue weighted by atomic mass is 10.0. The number of nitrogens with two attached hydrogens (primary N) is 1. The van der Waals surface area contributed by atoms with E-state index in [1.165, 1.54) is 32.1 Å². The van der Waals surface area contributed by atoms with Gasteiger partial charge in [0.15, 0.2) is 0 Å². The summed E-state index contributed by atoms with van der Waals surface area (Å²) in [5, 5.41) is 0. The van der Waals surface area contributed by atoms with Gasteiger partial charge in [0.25, 0.3) is 0 Å². The highest BCUT2D eigenvalue weighted by atomic mass is 16.5. The molecule has 1 aliphatic heterocycles. The van der Waals surface area contributed by atoms with Crippen molar-refractivity contribution in [2.45, 2.75) is 44.2 Å². The van der Waals surface area contributed by atoms with E-state index in [2.05, 4.69) is 11.9 Å². The molecular weight excluding hydrogens is 188 g/mol. The molecule has 1 saturated carbocycles. The fourth-order valence-electron chi connectivity index (χ4n) is 3.12. The number of rotatable bonds is 4. The van der Waals surface area contributed by atoms with Gasteiger partial charge in [-0.2, -0.15) is 0 Å². The number of nitrogens with zero attached hydrogens (tertiary/aromatic N) is 1. The largest absolute Gasteiger partial charge is 0.377 e. The minimum Gasteiger partial charge on any atom is -0.377 e. The zero-order chi connectivity index (χ0) is 10.7. The van der Waals surface area contributed by atoms with E-state index in [0.29, 0.717) is 12.1 Å². The summed E-state index contributed by atoms with van der Waals surface area (Å²) in [6, 6.07) is 0.708. The predicted octanol–water partition coefficient (Wildman–Crippen LogP) is 1.22. The molecule has 3 heteroatoms. The van der Waals surface area contributed by atoms with Crippen LogP contribution >= 0.6 is 0 Å². The Morgan fingerprint density at radius 1 is 1.27 bits per heavy atom. The first-order valence-electron chi connectivity index (χ1n) is 6.33. The summed E-state index contributed by atoms with van der Waals surface area (Å²) in [4.78, 5) is 2.49. The SMILES string of the molecule is CN(CC1CCCO1)C1CCCC1CN. The Labute approximate surface area is 93.0 Å². The molecule has 2 aliphatic rings. The molecule has 3 unspecified atom stereocenters. The molecule has 1 saturated heterocycles. The van der Waals surface area contributed by atoms with Gasteiger partial charge in [0.1, 0.15) is 0 Å². The second kappa shape index (κ2) is 5.28. The fourth-order valence-corrected chi connectivity index (χ4v) is 3.12. The minimum atomic E-state index is 0.481. The Morgan fingerprint density at radius 3 is 2.80 bits per heavy atom. The summed E-state index contributed by atoms with van der Waals surface area (Å²) in [6.07, 6.45) is 6.95. The third-order valence-corrected chi connectivity index (χ3v) is 4.00. The lowest BCUT2D eigenvalue weighted by molar-refractivity contribution is 0.0617. The van der Waals surface area contributed by atoms with E-state index in [0.717, 1.165) is 25.6 Å². The van der Waals surface area contributed by atoms with Crippen LogP contribution in [0.5, 0.6) is 0 Å². The second-order valence-corrected chi connectivity index (χ2v) is 5.07. The lowest BCUT2D eigenvalue weighted by Gasteiger charge is -2.30. The smallest absolute Gasteiger partial charge is 0.0702 e. The summed E-state index contributed by atoms with van der Waals surface area (Å²) in [6.45, 7) is 2.91. The summed E-state index contributed by atoms with van der Waals surface area (Å²) in [5.41, 5.74) is 5.81. The molecule has 0 radical (unpaired) electrons. The van der Waals surface area contributed by atoms with Crippen molar-refractivity contribution in [1.29, 1.82) is 0 Å². The molecule has 2 fully saturated rings. The van der Waals surface area contributed by atoms with E-state index in [4.69, 9.17) is 10.5 Å². The summed E-state index contributed by atoms with van der Waals surface area (Å²) < 4.78 is 5.68. The highest BCUT2D eigenvalue weighted by molar-refractivity contribution is 4.86. The number of hydrogen-bond donors (Lipinski definition) is 1. The van der Waals surface area contributed by atoms with Gasteiger partial charge in [0, 0.05) is 19.2 Å². The van der Waals surface area contributed by atoms with E-state index in [1.807, 2.05) is 0 Å². The van der Waals surface area contributed by atoms with Crippen molar-refractivity contribution in [2.24, 2.45) is 11.7 Å². The maximum absolute atomic E-state index is 5.81. The molecule has 0 spiro atoms. The maximum atomic E-state index is 5.81. The van der Waals surface area contributed by atoms with Crippen LogP contribution in [0.1, 0.15) is 32.1 Å². The lowest BCUT2D eigenvalue weighted by Crippen LogP contribution is -2.41. The van der Waals surface area contributed by atoms with E-state index >= 15 is 0 Å². The Hall–Kier alpha value is -0.120. The molecule has 0 aromatic carbocycles. The normalized spacial score (nSPS) is 36.6. The molecule has 2 N–H and O–H groups in total. The third kappa shape index (κ3) is 2.71. The highest BCUT2D eigenvalue weighted by Gasteiger charge is 2.30. The standard InChI is InChI=1S/C12H24N2O/c1-14(9-11-5-3-7-15-11)12-6-2-4-10(12)8-13/h10-12H,2-9,13H2,1H3. The van der Waals surface area contributed by atoms with Crippen molar-refractivity contribution in [2.75, 3.05) is 26.7 Å². The molecule has 0 bridgehead atoms. The maximum Gasteiger partial charge on any atom is 0.0702 e. The molecule has 0 aromatic heterocycles. The summed E-state index contributed by atoms with van der Waals surface area (Å²) in [5.74, 6) is 0.719. The van der Waals surface area contributed by atoms with Crippen LogP contribution < -0.4 is 5.73 Å². The van der Waals surface area contributed by atoms with Crippen molar-refractivity contribution < 1.29 is 4.74 Å². The summed E-state index contributed by atoms with van der Waals surface area (Å²) in [7, 11) is 2.24. The first-order valence-corrected chi connectivity index (χ1v) is 6.33. The Balaban J connectivity index is 1.80. The molecular formula is C12H24N2O. The van der Waals surface area contributed by atoms with Crippen LogP contribution in [-0.2, 0) is 4.74 Å². The molecule has 1 heterocycles. The van der Waals surface area contributed by atoms with Crippen molar-refractivity contribution in [1.82, 2.24) is 4.90 Å². The molecule has 1 aliphatic carbocycles. The van der Waals surface area contributed by atoms with Crippen LogP contribution in [0.25, 0.3) is 0 Å². The van der Waals surface area contributed by atoms with E-state index < -0.39 is 0 Å². The van der Waals surface area contributed by atoms with Gasteiger partial charge in [0.05, 0.1) is 6.10 Å². The molecule has 2 rings (SSSR count). The second-order valence-electron chi connectivity index (χ2n) is 5.07. The van der Waals surface area contributed by atoms with Crippen LogP contribution in [0.15, 0.2) is 0 Å². The van der Waals surface area contributed by atoms with Crippen LogP contribution in [0.2, 0.25) is 0 Å². The van der Waals surface area contributed by atoms with Crippen molar-refractivity contribution >= 4 is 0 Å². The first-order chi connectivity index (χ1) is 7.31. The van der Waals surface area contributed by atoms with E-state index in [9.17, 15) is 0 Å². The molecule has 88 valence electrons. The zero-order valence-electron chi connectivity index (χ0n) is 9.82. The van der Waals surface area contributed by atoms with Crippen molar-refractivity contribution in [3.05, 3.63) is 0 Å². The van der Waals surface area contributed by atoms with Gasteiger partial charge in [-0.15, -0.1) is 0 Å². The Bertz CT molecular complexity index is 192. The molecule has 3 nitrogen and oxygen atoms in total. The monoisotopic (exact) mass is 212 g/mol. The fraction of sp³-hybridized carbons (Fsp3) is 1.00. The molecule has 0 amide bonds. The number of hydrogen-bond acceptors (Lipinski definition) is 3. The van der Waals surface area contributed by atoms with Gasteiger partial charge < -0.3 is 15.4 Å². The van der Waals surface area contributed by atoms with Crippen LogP contribution in [0, 0.1) is 5.92 Å². The highest BCUT2D eigenvalue weighted by Crippen LogP contribution is 2.29. The molecule has 0 aromatic rings. The van der Waals surface area contributed by atoms with Gasteiger partial charge in [-0.25, -0.2) is 0 Å². The third-order valence-electron chi connectivity index (χ3n) is 4.00. The number of ether oxygens (including phenoxy) is 1. The van der Waals surface area contributed by atoms with Crippen molar-refractivity contribution in [3.8, 4) is 0 Å². The van der Waals surface area contributed by atoms with E-state index in [-0.39, 0.29) is 0 Å². The summed E-state index contributed by atoms with van der Waals surface area (Å²) >= 11 is 0. The van der Waals surface area contributed by atoms with Gasteiger partial charge in [-0.05, 0) is 45.2 Å². The van der Waals surface area contributed by atoms with Gasteiger partial charge in [0.2, 0.25) is 0 Å². The average molecular weight is 212 g/mol. The van der Waals surface area contributed by atoms with Gasteiger partial charge in [-0.1, -0.05) is 6.42 Å². The predicted molar refractivity (Wildman–Crippen MR) is 61.8 cm³/mol. The van der Waals surface area contributed by atoms with Crippen LogP contribution in [-0.4, -0.2) is 43.8 Å². The zero-order valence-corrected chi connectivity index (χ0v) is 9.82. The average Bonchev–Trinajstić information content (AvgIpc) is 2.86. The Morgan fingerprint density at radius 2 is 2.13 bits per heavy atom. The van der Waals surface area contributed by atoms with Crippen LogP contribution in [0.4, 0.5) is 0 Å². The molecule has 3 atom stereocenters. The minimum absolute atomic E-state index is 0.481. The van der Waals surface area contributed by atoms with E-state index in [1.54, 1.807) is 0 Å². The first kappa shape index (κ1) is 11.4. The van der Waals surface area contributed by atoms with Crippen molar-refractivity contribution in [3.63, 3.8) is 0 Å². The van der Waals surface area contributed by atoms with Crippen LogP contribution in [0.3, 0.4) is 0 Å². The van der Waals surface area contributed by atoms with Gasteiger partial charge >= 0.3 is 0 Å². The number of likely N-dealkylation sites (N-methyl/N-ethyl adjacent to an activating group) is 1. The van der Waals surface area contributed by atoms with Gasteiger partial charge in [-0.3, -0.25) is 0 Å². The quantitative estimate of drug-likeness (QED) is 0.761.